The third-order valence-corrected chi connectivity index (χ3v) is 3.97. The number of piperazine rings is 1. The monoisotopic (exact) mass is 362 g/mol. The number of nitrogens with zero attached hydrogens (tertiary/aromatic N) is 4. The Labute approximate surface area is 147 Å². The van der Waals surface area contributed by atoms with Gasteiger partial charge in [0, 0.05) is 26.2 Å². The number of aromatic nitrogens is 2. The van der Waals surface area contributed by atoms with Crippen molar-refractivity contribution in [2.24, 2.45) is 5.73 Å². The van der Waals surface area contributed by atoms with Crippen molar-refractivity contribution in [1.29, 1.82) is 0 Å². The fraction of sp³-hybridized carbons (Fsp3) is 0.250. The van der Waals surface area contributed by atoms with E-state index in [0.717, 1.165) is 12.1 Å². The van der Waals surface area contributed by atoms with Crippen LogP contribution in [0.5, 0.6) is 0 Å². The highest BCUT2D eigenvalue weighted by Gasteiger charge is 2.27. The zero-order chi connectivity index (χ0) is 18.7. The van der Waals surface area contributed by atoms with E-state index in [9.17, 15) is 18.4 Å². The largest absolute Gasteiger partial charge is 0.352 e. The summed E-state index contributed by atoms with van der Waals surface area (Å²) in [7, 11) is 0. The highest BCUT2D eigenvalue weighted by atomic mass is 19.1. The highest BCUT2D eigenvalue weighted by Crippen LogP contribution is 2.18. The van der Waals surface area contributed by atoms with Crippen LogP contribution in [0.4, 0.5) is 25.2 Å². The van der Waals surface area contributed by atoms with E-state index >= 15 is 0 Å². The molecule has 3 amide bonds. The van der Waals surface area contributed by atoms with Crippen LogP contribution in [0, 0.1) is 11.6 Å². The Bertz CT molecular complexity index is 802. The van der Waals surface area contributed by atoms with E-state index < -0.39 is 29.1 Å². The average Bonchev–Trinajstić information content (AvgIpc) is 2.62. The van der Waals surface area contributed by atoms with Crippen LogP contribution in [-0.2, 0) is 0 Å². The molecule has 1 aliphatic heterocycles. The summed E-state index contributed by atoms with van der Waals surface area (Å²) in [6, 6.07) is 5.81. The van der Waals surface area contributed by atoms with Gasteiger partial charge < -0.3 is 15.5 Å². The van der Waals surface area contributed by atoms with Crippen LogP contribution in [0.3, 0.4) is 0 Å². The molecule has 0 unspecified atom stereocenters. The molecule has 1 aliphatic rings. The molecule has 10 heteroatoms. The van der Waals surface area contributed by atoms with E-state index in [1.807, 2.05) is 4.90 Å². The fourth-order valence-corrected chi connectivity index (χ4v) is 2.69. The normalized spacial score (nSPS) is 14.2. The van der Waals surface area contributed by atoms with Crippen LogP contribution < -0.4 is 16.0 Å². The Kier molecular flexibility index (Phi) is 4.92. The molecule has 1 aromatic heterocycles. The molecule has 0 spiro atoms. The molecule has 0 aliphatic carbocycles. The number of carbonyl (C=O) groups excluding carboxylic acids is 2. The number of benzene rings is 1. The lowest BCUT2D eigenvalue weighted by atomic mass is 10.1. The van der Waals surface area contributed by atoms with Gasteiger partial charge in [-0.25, -0.2) is 13.6 Å². The van der Waals surface area contributed by atoms with Gasteiger partial charge in [-0.15, -0.1) is 10.2 Å². The molecule has 0 radical (unpaired) electrons. The van der Waals surface area contributed by atoms with Crippen molar-refractivity contribution in [3.63, 3.8) is 0 Å². The number of nitrogens with two attached hydrogens (primary N) is 1. The standard InChI is InChI=1S/C16H16F2N6O2/c17-10-2-1-3-11(18)14(10)15(25)24-8-6-23(7-9-24)13-5-4-12(21-22-13)20-16(19)26/h1-5H,6-9H2,(H3,19,20,21,26). The van der Waals surface area contributed by atoms with E-state index in [2.05, 4.69) is 15.5 Å². The number of urea groups is 1. The second-order valence-electron chi connectivity index (χ2n) is 5.64. The number of hydrogen-bond acceptors (Lipinski definition) is 5. The van der Waals surface area contributed by atoms with Crippen molar-refractivity contribution < 1.29 is 18.4 Å². The number of carbonyl (C=O) groups is 2. The Morgan fingerprint density at radius 3 is 2.19 bits per heavy atom. The van der Waals surface area contributed by atoms with Gasteiger partial charge in [0.2, 0.25) is 0 Å². The van der Waals surface area contributed by atoms with Gasteiger partial charge in [-0.3, -0.25) is 10.1 Å². The second-order valence-corrected chi connectivity index (χ2v) is 5.64. The van der Waals surface area contributed by atoms with Crippen molar-refractivity contribution in [1.82, 2.24) is 15.1 Å². The zero-order valence-electron chi connectivity index (χ0n) is 13.7. The molecular formula is C16H16F2N6O2. The summed E-state index contributed by atoms with van der Waals surface area (Å²) in [5.41, 5.74) is 4.46. The molecule has 1 saturated heterocycles. The lowest BCUT2D eigenvalue weighted by molar-refractivity contribution is 0.0736. The maximum absolute atomic E-state index is 13.8. The van der Waals surface area contributed by atoms with Gasteiger partial charge in [0.1, 0.15) is 17.2 Å². The van der Waals surface area contributed by atoms with Crippen molar-refractivity contribution >= 4 is 23.6 Å². The van der Waals surface area contributed by atoms with Crippen molar-refractivity contribution in [2.45, 2.75) is 0 Å². The molecule has 26 heavy (non-hydrogen) atoms. The smallest absolute Gasteiger partial charge is 0.317 e. The van der Waals surface area contributed by atoms with Crippen LogP contribution in [0.2, 0.25) is 0 Å². The van der Waals surface area contributed by atoms with Crippen LogP contribution in [-0.4, -0.2) is 53.2 Å². The summed E-state index contributed by atoms with van der Waals surface area (Å²) in [5.74, 6) is -1.64. The van der Waals surface area contributed by atoms with Gasteiger partial charge in [-0.05, 0) is 24.3 Å². The first-order valence-corrected chi connectivity index (χ1v) is 7.84. The first kappa shape index (κ1) is 17.5. The summed E-state index contributed by atoms with van der Waals surface area (Å²) in [6.07, 6.45) is 0. The van der Waals surface area contributed by atoms with Crippen LogP contribution in [0.25, 0.3) is 0 Å². The maximum atomic E-state index is 13.8. The molecular weight excluding hydrogens is 346 g/mol. The topological polar surface area (TPSA) is 104 Å². The van der Waals surface area contributed by atoms with Crippen LogP contribution in [0.1, 0.15) is 10.4 Å². The van der Waals surface area contributed by atoms with E-state index in [1.165, 1.54) is 11.0 Å². The maximum Gasteiger partial charge on any atom is 0.317 e. The number of nitrogens with one attached hydrogen (secondary N) is 1. The average molecular weight is 362 g/mol. The Morgan fingerprint density at radius 1 is 1.00 bits per heavy atom. The van der Waals surface area contributed by atoms with E-state index in [-0.39, 0.29) is 18.9 Å². The highest BCUT2D eigenvalue weighted by molar-refractivity contribution is 5.95. The molecule has 2 aromatic rings. The fourth-order valence-electron chi connectivity index (χ4n) is 2.69. The summed E-state index contributed by atoms with van der Waals surface area (Å²) in [6.45, 7) is 1.43. The minimum Gasteiger partial charge on any atom is -0.352 e. The molecule has 0 saturated carbocycles. The third-order valence-electron chi connectivity index (χ3n) is 3.97. The van der Waals surface area contributed by atoms with Crippen molar-refractivity contribution in [2.75, 3.05) is 36.4 Å². The van der Waals surface area contributed by atoms with E-state index in [0.29, 0.717) is 18.9 Å². The minimum atomic E-state index is -0.874. The number of amides is 3. The lowest BCUT2D eigenvalue weighted by Crippen LogP contribution is -2.49. The summed E-state index contributed by atoms with van der Waals surface area (Å²) in [5, 5.41) is 10.1. The molecule has 0 atom stereocenters. The number of hydrogen-bond donors (Lipinski definition) is 2. The molecule has 0 bridgehead atoms. The molecule has 1 aromatic carbocycles. The van der Waals surface area contributed by atoms with Crippen LogP contribution in [0.15, 0.2) is 30.3 Å². The second kappa shape index (κ2) is 7.30. The number of anilines is 2. The first-order chi connectivity index (χ1) is 12.5. The number of halogens is 2. The summed E-state index contributed by atoms with van der Waals surface area (Å²) < 4.78 is 27.5. The third kappa shape index (κ3) is 3.68. The molecule has 3 rings (SSSR count). The predicted octanol–water partition coefficient (Wildman–Crippen LogP) is 1.21. The predicted molar refractivity (Wildman–Crippen MR) is 89.7 cm³/mol. The summed E-state index contributed by atoms with van der Waals surface area (Å²) in [4.78, 5) is 26.4. The van der Waals surface area contributed by atoms with Gasteiger partial charge in [0.15, 0.2) is 11.6 Å². The molecule has 2 heterocycles. The SMILES string of the molecule is NC(=O)Nc1ccc(N2CCN(C(=O)c3c(F)cccc3F)CC2)nn1. The van der Waals surface area contributed by atoms with Crippen molar-refractivity contribution in [3.8, 4) is 0 Å². The van der Waals surface area contributed by atoms with Gasteiger partial charge in [-0.1, -0.05) is 6.07 Å². The van der Waals surface area contributed by atoms with Gasteiger partial charge in [0.25, 0.3) is 5.91 Å². The van der Waals surface area contributed by atoms with E-state index in [1.54, 1.807) is 12.1 Å². The quantitative estimate of drug-likeness (QED) is 0.854. The Balaban J connectivity index is 1.64. The molecule has 8 nitrogen and oxygen atoms in total. The van der Waals surface area contributed by atoms with Crippen molar-refractivity contribution in [3.05, 3.63) is 47.5 Å². The van der Waals surface area contributed by atoms with Gasteiger partial charge in [-0.2, -0.15) is 0 Å². The summed E-state index contributed by atoms with van der Waals surface area (Å²) >= 11 is 0. The van der Waals surface area contributed by atoms with Crippen LogP contribution >= 0.6 is 0 Å². The van der Waals surface area contributed by atoms with Gasteiger partial charge >= 0.3 is 6.03 Å². The molecule has 1 fully saturated rings. The Morgan fingerprint density at radius 2 is 1.65 bits per heavy atom. The Hall–Kier alpha value is -3.30. The minimum absolute atomic E-state index is 0.227. The first-order valence-electron chi connectivity index (χ1n) is 7.84. The molecule has 136 valence electrons. The number of rotatable bonds is 3. The van der Waals surface area contributed by atoms with Gasteiger partial charge in [0.05, 0.1) is 0 Å². The lowest BCUT2D eigenvalue weighted by Gasteiger charge is -2.35. The molecule has 3 N–H and O–H groups in total. The zero-order valence-corrected chi connectivity index (χ0v) is 13.7. The number of primary amides is 1. The van der Waals surface area contributed by atoms with E-state index in [4.69, 9.17) is 5.73 Å².